The number of furan rings is 1. The normalized spacial score (nSPS) is 16.1. The summed E-state index contributed by atoms with van der Waals surface area (Å²) < 4.78 is 5.15. The lowest BCUT2D eigenvalue weighted by Gasteiger charge is -2.32. The summed E-state index contributed by atoms with van der Waals surface area (Å²) >= 11 is 0. The number of carbonyl (C=O) groups excluding carboxylic acids is 1. The van der Waals surface area contributed by atoms with Crippen LogP contribution in [0, 0.1) is 0 Å². The van der Waals surface area contributed by atoms with Crippen molar-refractivity contribution in [3.05, 3.63) is 48.7 Å². The standard InChI is InChI=1S/C16H18N4O2/c21-15(5-4-14-3-1-12-22-14)19-13-6-10-20(11-7-13)16-17-8-2-9-18-16/h1-5,8-9,12-13H,6-7,10-11H2,(H,19,21)/b5-4-. The summed E-state index contributed by atoms with van der Waals surface area (Å²) in [5, 5.41) is 3.02. The van der Waals surface area contributed by atoms with Crippen LogP contribution in [0.15, 0.2) is 47.3 Å². The van der Waals surface area contributed by atoms with Crippen molar-refractivity contribution in [2.24, 2.45) is 0 Å². The van der Waals surface area contributed by atoms with Gasteiger partial charge in [-0.3, -0.25) is 4.79 Å². The number of nitrogens with zero attached hydrogens (tertiary/aromatic N) is 3. The van der Waals surface area contributed by atoms with Crippen molar-refractivity contribution in [1.82, 2.24) is 15.3 Å². The van der Waals surface area contributed by atoms with Crippen molar-refractivity contribution < 1.29 is 9.21 Å². The molecular formula is C16H18N4O2. The third-order valence-corrected chi connectivity index (χ3v) is 3.62. The lowest BCUT2D eigenvalue weighted by molar-refractivity contribution is -0.117. The maximum Gasteiger partial charge on any atom is 0.244 e. The highest BCUT2D eigenvalue weighted by Gasteiger charge is 2.21. The topological polar surface area (TPSA) is 71.3 Å². The third kappa shape index (κ3) is 3.72. The molecule has 1 amide bonds. The summed E-state index contributed by atoms with van der Waals surface area (Å²) in [5.41, 5.74) is 0. The summed E-state index contributed by atoms with van der Waals surface area (Å²) in [4.78, 5) is 22.5. The quantitative estimate of drug-likeness (QED) is 0.872. The lowest BCUT2D eigenvalue weighted by Crippen LogP contribution is -2.44. The number of carbonyl (C=O) groups is 1. The molecule has 0 radical (unpaired) electrons. The number of amides is 1. The van der Waals surface area contributed by atoms with Gasteiger partial charge in [-0.2, -0.15) is 0 Å². The molecule has 0 aromatic carbocycles. The van der Waals surface area contributed by atoms with E-state index in [0.717, 1.165) is 31.9 Å². The van der Waals surface area contributed by atoms with Gasteiger partial charge in [-0.1, -0.05) is 0 Å². The molecule has 0 bridgehead atoms. The van der Waals surface area contributed by atoms with Crippen LogP contribution < -0.4 is 10.2 Å². The average molecular weight is 298 g/mol. The molecule has 1 N–H and O–H groups in total. The minimum Gasteiger partial charge on any atom is -0.465 e. The number of nitrogens with one attached hydrogen (secondary N) is 1. The first-order valence-electron chi connectivity index (χ1n) is 7.35. The van der Waals surface area contributed by atoms with Crippen LogP contribution in [0.3, 0.4) is 0 Å². The Hall–Kier alpha value is -2.63. The van der Waals surface area contributed by atoms with Gasteiger partial charge in [-0.15, -0.1) is 0 Å². The molecule has 0 unspecified atom stereocenters. The van der Waals surface area contributed by atoms with Crippen molar-refractivity contribution in [3.8, 4) is 0 Å². The predicted octanol–water partition coefficient (Wildman–Crippen LogP) is 1.87. The van der Waals surface area contributed by atoms with Gasteiger partial charge in [0.2, 0.25) is 11.9 Å². The largest absolute Gasteiger partial charge is 0.465 e. The molecule has 6 nitrogen and oxygen atoms in total. The summed E-state index contributed by atoms with van der Waals surface area (Å²) in [6.07, 6.45) is 10.0. The number of rotatable bonds is 4. The first-order valence-corrected chi connectivity index (χ1v) is 7.35. The number of aromatic nitrogens is 2. The molecular weight excluding hydrogens is 280 g/mol. The first kappa shape index (κ1) is 14.3. The van der Waals surface area contributed by atoms with Crippen molar-refractivity contribution >= 4 is 17.9 Å². The number of hydrogen-bond donors (Lipinski definition) is 1. The second kappa shape index (κ2) is 6.89. The molecule has 2 aromatic heterocycles. The van der Waals surface area contributed by atoms with Gasteiger partial charge in [0.25, 0.3) is 0 Å². The Morgan fingerprint density at radius 1 is 1.27 bits per heavy atom. The molecule has 3 rings (SSSR count). The Morgan fingerprint density at radius 3 is 2.73 bits per heavy atom. The van der Waals surface area contributed by atoms with E-state index in [9.17, 15) is 4.79 Å². The van der Waals surface area contributed by atoms with Gasteiger partial charge < -0.3 is 14.6 Å². The Balaban J connectivity index is 1.47. The second-order valence-corrected chi connectivity index (χ2v) is 5.17. The van der Waals surface area contributed by atoms with E-state index in [1.807, 2.05) is 12.1 Å². The van der Waals surface area contributed by atoms with Crippen LogP contribution in [0.4, 0.5) is 5.95 Å². The minimum atomic E-state index is -0.0918. The van der Waals surface area contributed by atoms with Crippen LogP contribution in [0.2, 0.25) is 0 Å². The Bertz CT molecular complexity index is 617. The van der Waals surface area contributed by atoms with E-state index in [4.69, 9.17) is 4.42 Å². The van der Waals surface area contributed by atoms with E-state index in [1.165, 1.54) is 6.08 Å². The molecule has 1 aliphatic heterocycles. The van der Waals surface area contributed by atoms with Gasteiger partial charge in [0.1, 0.15) is 5.76 Å². The van der Waals surface area contributed by atoms with Crippen LogP contribution in [-0.2, 0) is 4.79 Å². The molecule has 3 heterocycles. The van der Waals surface area contributed by atoms with E-state index < -0.39 is 0 Å². The third-order valence-electron chi connectivity index (χ3n) is 3.62. The van der Waals surface area contributed by atoms with Crippen LogP contribution in [0.25, 0.3) is 6.08 Å². The van der Waals surface area contributed by atoms with Crippen molar-refractivity contribution in [3.63, 3.8) is 0 Å². The lowest BCUT2D eigenvalue weighted by atomic mass is 10.1. The van der Waals surface area contributed by atoms with Gasteiger partial charge in [-0.05, 0) is 37.1 Å². The van der Waals surface area contributed by atoms with Crippen molar-refractivity contribution in [2.45, 2.75) is 18.9 Å². The Labute approximate surface area is 128 Å². The monoisotopic (exact) mass is 298 g/mol. The maximum absolute atomic E-state index is 11.9. The summed E-state index contributed by atoms with van der Waals surface area (Å²) in [6.45, 7) is 1.69. The van der Waals surface area contributed by atoms with E-state index in [-0.39, 0.29) is 11.9 Å². The number of hydrogen-bond acceptors (Lipinski definition) is 5. The van der Waals surface area contributed by atoms with Gasteiger partial charge in [0.05, 0.1) is 6.26 Å². The second-order valence-electron chi connectivity index (χ2n) is 5.17. The van der Waals surface area contributed by atoms with Crippen LogP contribution >= 0.6 is 0 Å². The number of anilines is 1. The van der Waals surface area contributed by atoms with Gasteiger partial charge in [0.15, 0.2) is 0 Å². The number of piperidine rings is 1. The highest BCUT2D eigenvalue weighted by atomic mass is 16.3. The first-order chi connectivity index (χ1) is 10.8. The summed E-state index contributed by atoms with van der Waals surface area (Å²) in [7, 11) is 0. The fourth-order valence-corrected chi connectivity index (χ4v) is 2.47. The summed E-state index contributed by atoms with van der Waals surface area (Å²) in [5.74, 6) is 1.34. The molecule has 2 aromatic rings. The predicted molar refractivity (Wildman–Crippen MR) is 83.2 cm³/mol. The van der Waals surface area contributed by atoms with E-state index in [2.05, 4.69) is 20.2 Å². The van der Waals surface area contributed by atoms with Crippen LogP contribution in [0.1, 0.15) is 18.6 Å². The Kier molecular flexibility index (Phi) is 4.48. The zero-order chi connectivity index (χ0) is 15.2. The Morgan fingerprint density at radius 2 is 2.05 bits per heavy atom. The molecule has 0 saturated carbocycles. The average Bonchev–Trinajstić information content (AvgIpc) is 3.08. The van der Waals surface area contributed by atoms with E-state index in [1.54, 1.807) is 30.8 Å². The van der Waals surface area contributed by atoms with Crippen molar-refractivity contribution in [1.29, 1.82) is 0 Å². The molecule has 1 aliphatic rings. The molecule has 6 heteroatoms. The van der Waals surface area contributed by atoms with E-state index >= 15 is 0 Å². The molecule has 22 heavy (non-hydrogen) atoms. The fourth-order valence-electron chi connectivity index (χ4n) is 2.47. The van der Waals surface area contributed by atoms with Crippen LogP contribution in [-0.4, -0.2) is 35.0 Å². The molecule has 1 saturated heterocycles. The molecule has 0 spiro atoms. The zero-order valence-corrected chi connectivity index (χ0v) is 12.2. The molecule has 0 aliphatic carbocycles. The maximum atomic E-state index is 11.9. The molecule has 0 atom stereocenters. The van der Waals surface area contributed by atoms with Gasteiger partial charge >= 0.3 is 0 Å². The zero-order valence-electron chi connectivity index (χ0n) is 12.2. The van der Waals surface area contributed by atoms with E-state index in [0.29, 0.717) is 5.76 Å². The molecule has 114 valence electrons. The summed E-state index contributed by atoms with van der Waals surface area (Å²) in [6, 6.07) is 5.59. The van der Waals surface area contributed by atoms with Gasteiger partial charge in [-0.25, -0.2) is 9.97 Å². The van der Waals surface area contributed by atoms with Crippen LogP contribution in [0.5, 0.6) is 0 Å². The fraction of sp³-hybridized carbons (Fsp3) is 0.312. The van der Waals surface area contributed by atoms with Gasteiger partial charge in [0, 0.05) is 37.6 Å². The smallest absolute Gasteiger partial charge is 0.244 e. The highest BCUT2D eigenvalue weighted by Crippen LogP contribution is 2.15. The molecule has 1 fully saturated rings. The SMILES string of the molecule is O=C(/C=C\c1ccco1)NC1CCN(c2ncccn2)CC1. The highest BCUT2D eigenvalue weighted by molar-refractivity contribution is 5.91. The minimum absolute atomic E-state index is 0.0918. The van der Waals surface area contributed by atoms with Crippen molar-refractivity contribution in [2.75, 3.05) is 18.0 Å².